The lowest BCUT2D eigenvalue weighted by Crippen LogP contribution is -2.28. The van der Waals surface area contributed by atoms with E-state index in [1.807, 2.05) is 6.92 Å². The van der Waals surface area contributed by atoms with Crippen LogP contribution in [0.4, 0.5) is 8.78 Å². The second kappa shape index (κ2) is 8.17. The van der Waals surface area contributed by atoms with E-state index in [0.717, 1.165) is 16.7 Å². The lowest BCUT2D eigenvalue weighted by atomic mass is 10.1. The first-order valence-corrected chi connectivity index (χ1v) is 9.64. The van der Waals surface area contributed by atoms with Gasteiger partial charge in [0.15, 0.2) is 28.7 Å². The van der Waals surface area contributed by atoms with Crippen LogP contribution in [0.5, 0.6) is 0 Å². The summed E-state index contributed by atoms with van der Waals surface area (Å²) in [6.45, 7) is 1.44. The summed E-state index contributed by atoms with van der Waals surface area (Å²) in [6, 6.07) is 5.68. The Kier molecular flexibility index (Phi) is 5.39. The highest BCUT2D eigenvalue weighted by Gasteiger charge is 2.26. The average molecular weight is 441 g/mol. The highest BCUT2D eigenvalue weighted by atomic mass is 19.1. The molecular weight excluding hydrogens is 424 g/mol. The van der Waals surface area contributed by atoms with Crippen molar-refractivity contribution in [3.8, 4) is 11.6 Å². The van der Waals surface area contributed by atoms with E-state index in [1.165, 1.54) is 10.8 Å². The minimum absolute atomic E-state index is 0.0363. The first-order chi connectivity index (χ1) is 15.3. The lowest BCUT2D eigenvalue weighted by molar-refractivity contribution is 0.0962. The van der Waals surface area contributed by atoms with Crippen molar-refractivity contribution in [2.24, 2.45) is 5.73 Å². The molecule has 3 heterocycles. The fourth-order valence-corrected chi connectivity index (χ4v) is 3.42. The van der Waals surface area contributed by atoms with E-state index < -0.39 is 41.1 Å². The minimum atomic E-state index is -1.06. The number of furan rings is 1. The molecule has 0 unspecified atom stereocenters. The third kappa shape index (κ3) is 3.57. The summed E-state index contributed by atoms with van der Waals surface area (Å²) in [4.78, 5) is 46.6. The maximum atomic E-state index is 14.1. The lowest BCUT2D eigenvalue weighted by Gasteiger charge is -2.07. The molecule has 4 rings (SSSR count). The van der Waals surface area contributed by atoms with Crippen molar-refractivity contribution in [3.05, 3.63) is 70.0 Å². The number of rotatable bonds is 7. The summed E-state index contributed by atoms with van der Waals surface area (Å²) in [5, 5.41) is 0. The highest BCUT2D eigenvalue weighted by Crippen LogP contribution is 2.23. The van der Waals surface area contributed by atoms with Gasteiger partial charge in [-0.2, -0.15) is 0 Å². The molecule has 9 nitrogen and oxygen atoms in total. The zero-order valence-corrected chi connectivity index (χ0v) is 16.8. The number of carbonyl (C=O) groups is 2. The van der Waals surface area contributed by atoms with Crippen LogP contribution in [0.3, 0.4) is 0 Å². The second-order valence-electron chi connectivity index (χ2n) is 6.98. The number of benzene rings is 1. The van der Waals surface area contributed by atoms with Crippen LogP contribution in [0.2, 0.25) is 0 Å². The predicted octanol–water partition coefficient (Wildman–Crippen LogP) is 2.52. The van der Waals surface area contributed by atoms with Crippen LogP contribution in [-0.4, -0.2) is 30.8 Å². The molecule has 11 heteroatoms. The molecule has 0 spiro atoms. The Morgan fingerprint density at radius 2 is 1.94 bits per heavy atom. The standard InChI is InChI=1S/C21H17F2N5O4/c1-2-7-27-20-17(16(18(24)30)25-19(26-20)15-4-3-8-32-15)28(21(27)31)10-14(29)12-6-5-11(22)9-13(12)23/h3-6,8-9H,2,7,10H2,1H3,(H2,24,30). The number of hydrogen-bond donors (Lipinski definition) is 1. The molecule has 0 saturated heterocycles. The molecule has 4 aromatic rings. The summed E-state index contributed by atoms with van der Waals surface area (Å²) in [6.07, 6.45) is 1.94. The summed E-state index contributed by atoms with van der Waals surface area (Å²) in [7, 11) is 0. The normalized spacial score (nSPS) is 11.2. The van der Waals surface area contributed by atoms with Crippen molar-refractivity contribution in [1.82, 2.24) is 19.1 Å². The number of carbonyl (C=O) groups excluding carboxylic acids is 2. The maximum absolute atomic E-state index is 14.1. The van der Waals surface area contributed by atoms with Crippen molar-refractivity contribution in [2.45, 2.75) is 26.4 Å². The van der Waals surface area contributed by atoms with Crippen LogP contribution >= 0.6 is 0 Å². The second-order valence-corrected chi connectivity index (χ2v) is 6.98. The molecule has 0 aliphatic carbocycles. The van der Waals surface area contributed by atoms with Gasteiger partial charge >= 0.3 is 5.69 Å². The molecule has 164 valence electrons. The average Bonchev–Trinajstić information content (AvgIpc) is 3.36. The van der Waals surface area contributed by atoms with Gasteiger partial charge in [-0.25, -0.2) is 23.5 Å². The van der Waals surface area contributed by atoms with E-state index in [2.05, 4.69) is 9.97 Å². The Morgan fingerprint density at radius 3 is 2.56 bits per heavy atom. The number of amides is 1. The van der Waals surface area contributed by atoms with E-state index in [0.29, 0.717) is 12.5 Å². The van der Waals surface area contributed by atoms with Crippen LogP contribution < -0.4 is 11.4 Å². The molecule has 0 radical (unpaired) electrons. The summed E-state index contributed by atoms with van der Waals surface area (Å²) < 4.78 is 34.9. The van der Waals surface area contributed by atoms with Gasteiger partial charge in [0.2, 0.25) is 0 Å². The van der Waals surface area contributed by atoms with Crippen molar-refractivity contribution in [3.63, 3.8) is 0 Å². The molecule has 0 atom stereocenters. The number of fused-ring (bicyclic) bond motifs is 1. The maximum Gasteiger partial charge on any atom is 0.330 e. The number of nitrogens with zero attached hydrogens (tertiary/aromatic N) is 4. The van der Waals surface area contributed by atoms with Gasteiger partial charge in [-0.1, -0.05) is 6.92 Å². The summed E-state index contributed by atoms with van der Waals surface area (Å²) in [5.41, 5.74) is 4.21. The molecule has 0 saturated carbocycles. The Balaban J connectivity index is 1.94. The predicted molar refractivity (Wildman–Crippen MR) is 109 cm³/mol. The van der Waals surface area contributed by atoms with Gasteiger partial charge in [0.05, 0.1) is 18.4 Å². The fraction of sp³-hybridized carbons (Fsp3) is 0.190. The molecule has 1 amide bonds. The number of primary amides is 1. The summed E-state index contributed by atoms with van der Waals surface area (Å²) in [5.74, 6) is -3.37. The highest BCUT2D eigenvalue weighted by molar-refractivity contribution is 6.03. The number of hydrogen-bond acceptors (Lipinski definition) is 6. The van der Waals surface area contributed by atoms with Gasteiger partial charge in [0, 0.05) is 12.6 Å². The zero-order chi connectivity index (χ0) is 23.0. The van der Waals surface area contributed by atoms with Gasteiger partial charge in [0.25, 0.3) is 5.91 Å². The quantitative estimate of drug-likeness (QED) is 0.439. The topological polar surface area (TPSA) is 126 Å². The number of Topliss-reactive ketones (excluding diaryl/α,β-unsaturated/α-hetero) is 1. The van der Waals surface area contributed by atoms with Gasteiger partial charge in [-0.15, -0.1) is 0 Å². The van der Waals surface area contributed by atoms with Crippen LogP contribution in [0.1, 0.15) is 34.2 Å². The van der Waals surface area contributed by atoms with E-state index in [-0.39, 0.29) is 35.0 Å². The first-order valence-electron chi connectivity index (χ1n) is 9.64. The monoisotopic (exact) mass is 441 g/mol. The SMILES string of the molecule is CCCn1c(=O)n(CC(=O)c2ccc(F)cc2F)c2c(C(N)=O)nc(-c3ccco3)nc21. The van der Waals surface area contributed by atoms with E-state index in [4.69, 9.17) is 10.2 Å². The first kappa shape index (κ1) is 21.1. The molecule has 32 heavy (non-hydrogen) atoms. The Morgan fingerprint density at radius 1 is 1.16 bits per heavy atom. The molecule has 2 N–H and O–H groups in total. The van der Waals surface area contributed by atoms with E-state index in [1.54, 1.807) is 12.1 Å². The van der Waals surface area contributed by atoms with Gasteiger partial charge in [0.1, 0.15) is 17.2 Å². The largest absolute Gasteiger partial charge is 0.461 e. The van der Waals surface area contributed by atoms with Crippen LogP contribution in [0, 0.1) is 11.6 Å². The zero-order valence-electron chi connectivity index (χ0n) is 16.8. The van der Waals surface area contributed by atoms with Crippen molar-refractivity contribution < 1.29 is 22.8 Å². The van der Waals surface area contributed by atoms with E-state index >= 15 is 0 Å². The number of imidazole rings is 1. The van der Waals surface area contributed by atoms with Crippen LogP contribution in [0.25, 0.3) is 22.7 Å². The Bertz CT molecular complexity index is 1410. The number of aromatic nitrogens is 4. The van der Waals surface area contributed by atoms with Crippen molar-refractivity contribution in [1.29, 1.82) is 0 Å². The molecular formula is C21H17F2N5O4. The molecule has 0 aliphatic rings. The van der Waals surface area contributed by atoms with Crippen LogP contribution in [-0.2, 0) is 13.1 Å². The van der Waals surface area contributed by atoms with Gasteiger partial charge in [-0.3, -0.25) is 18.7 Å². The van der Waals surface area contributed by atoms with Gasteiger partial charge in [-0.05, 0) is 30.7 Å². The number of ketones is 1. The molecule has 0 fully saturated rings. The molecule has 0 bridgehead atoms. The third-order valence-corrected chi connectivity index (χ3v) is 4.81. The van der Waals surface area contributed by atoms with Crippen LogP contribution in [0.15, 0.2) is 45.8 Å². The third-order valence-electron chi connectivity index (χ3n) is 4.81. The van der Waals surface area contributed by atoms with Gasteiger partial charge < -0.3 is 10.2 Å². The summed E-state index contributed by atoms with van der Waals surface area (Å²) >= 11 is 0. The molecule has 3 aromatic heterocycles. The smallest absolute Gasteiger partial charge is 0.330 e. The van der Waals surface area contributed by atoms with E-state index in [9.17, 15) is 23.2 Å². The fourth-order valence-electron chi connectivity index (χ4n) is 3.42. The Labute approximate surface area is 179 Å². The molecule has 1 aromatic carbocycles. The molecule has 0 aliphatic heterocycles. The van der Waals surface area contributed by atoms with Crippen molar-refractivity contribution >= 4 is 22.9 Å². The number of aryl methyl sites for hydroxylation is 1. The van der Waals surface area contributed by atoms with Crippen molar-refractivity contribution in [2.75, 3.05) is 0 Å². The number of halogens is 2. The minimum Gasteiger partial charge on any atom is -0.461 e. The Hall–Kier alpha value is -4.15. The number of nitrogens with two attached hydrogens (primary N) is 1.